The van der Waals surface area contributed by atoms with Crippen molar-refractivity contribution in [1.82, 2.24) is 15.5 Å². The zero-order valence-corrected chi connectivity index (χ0v) is 17.6. The lowest BCUT2D eigenvalue weighted by molar-refractivity contribution is -0.122. The Morgan fingerprint density at radius 1 is 1.19 bits per heavy atom. The van der Waals surface area contributed by atoms with Crippen LogP contribution in [0.4, 0.5) is 8.78 Å². The first-order valence-electron chi connectivity index (χ1n) is 10.2. The summed E-state index contributed by atoms with van der Waals surface area (Å²) in [6, 6.07) is 7.01. The van der Waals surface area contributed by atoms with Gasteiger partial charge in [-0.2, -0.15) is 0 Å². The Bertz CT molecular complexity index is 916. The number of halogens is 2. The molecule has 0 saturated carbocycles. The second-order valence-electron chi connectivity index (χ2n) is 7.85. The number of rotatable bonds is 8. The van der Waals surface area contributed by atoms with Gasteiger partial charge in [0.15, 0.2) is 17.4 Å². The summed E-state index contributed by atoms with van der Waals surface area (Å²) >= 11 is 0. The zero-order chi connectivity index (χ0) is 22.4. The van der Waals surface area contributed by atoms with Crippen molar-refractivity contribution in [2.45, 2.75) is 39.0 Å². The molecule has 0 unspecified atom stereocenters. The number of furan rings is 1. The third kappa shape index (κ3) is 6.86. The first kappa shape index (κ1) is 22.9. The normalized spacial score (nSPS) is 17.0. The smallest absolute Gasteiger partial charge is 0.287 e. The van der Waals surface area contributed by atoms with Gasteiger partial charge in [-0.15, -0.1) is 0 Å². The molecule has 1 aliphatic heterocycles. The maximum atomic E-state index is 13.4. The van der Waals surface area contributed by atoms with Crippen LogP contribution >= 0.6 is 0 Å². The van der Waals surface area contributed by atoms with Gasteiger partial charge < -0.3 is 19.8 Å². The van der Waals surface area contributed by atoms with Crippen LogP contribution in [0.5, 0.6) is 0 Å². The molecule has 0 bridgehead atoms. The Labute approximate surface area is 179 Å². The van der Waals surface area contributed by atoms with E-state index in [-0.39, 0.29) is 36.1 Å². The highest BCUT2D eigenvalue weighted by Gasteiger charge is 2.22. The van der Waals surface area contributed by atoms with E-state index in [1.165, 1.54) is 6.07 Å². The molecule has 0 aliphatic carbocycles. The van der Waals surface area contributed by atoms with Gasteiger partial charge in [0.05, 0.1) is 19.1 Å². The van der Waals surface area contributed by atoms with Crippen LogP contribution in [0, 0.1) is 11.6 Å². The summed E-state index contributed by atoms with van der Waals surface area (Å²) in [5.41, 5.74) is 0.679. The van der Waals surface area contributed by atoms with Crippen molar-refractivity contribution in [1.29, 1.82) is 0 Å². The summed E-state index contributed by atoms with van der Waals surface area (Å²) in [6.45, 7) is 6.18. The van der Waals surface area contributed by atoms with E-state index >= 15 is 0 Å². The Kier molecular flexibility index (Phi) is 7.75. The number of hydrogen-bond acceptors (Lipinski definition) is 5. The number of carbonyl (C=O) groups is 2. The molecule has 1 aromatic heterocycles. The number of ether oxygens (including phenoxy) is 1. The summed E-state index contributed by atoms with van der Waals surface area (Å²) in [7, 11) is 0. The van der Waals surface area contributed by atoms with Crippen LogP contribution in [-0.4, -0.2) is 55.1 Å². The van der Waals surface area contributed by atoms with E-state index in [1.807, 2.05) is 13.8 Å². The minimum Gasteiger partial charge on any atom is -0.455 e. The molecule has 2 N–H and O–H groups in total. The lowest BCUT2D eigenvalue weighted by Crippen LogP contribution is -2.47. The Morgan fingerprint density at radius 2 is 2.00 bits per heavy atom. The van der Waals surface area contributed by atoms with Gasteiger partial charge in [-0.25, -0.2) is 8.78 Å². The van der Waals surface area contributed by atoms with Crippen LogP contribution in [0.1, 0.15) is 35.7 Å². The molecule has 1 saturated heterocycles. The first-order chi connectivity index (χ1) is 14.8. The summed E-state index contributed by atoms with van der Waals surface area (Å²) < 4.78 is 37.6. The molecular weight excluding hydrogens is 408 g/mol. The van der Waals surface area contributed by atoms with E-state index in [0.29, 0.717) is 44.1 Å². The van der Waals surface area contributed by atoms with E-state index in [2.05, 4.69) is 15.5 Å². The van der Waals surface area contributed by atoms with Gasteiger partial charge >= 0.3 is 0 Å². The number of benzene rings is 1. The van der Waals surface area contributed by atoms with Crippen LogP contribution in [0.25, 0.3) is 0 Å². The molecule has 2 amide bonds. The van der Waals surface area contributed by atoms with Crippen molar-refractivity contribution in [3.63, 3.8) is 0 Å². The highest BCUT2D eigenvalue weighted by atomic mass is 19.2. The minimum atomic E-state index is -0.865. The van der Waals surface area contributed by atoms with E-state index in [0.717, 1.165) is 6.07 Å². The van der Waals surface area contributed by atoms with Crippen molar-refractivity contribution in [2.24, 2.45) is 0 Å². The molecule has 9 heteroatoms. The molecule has 3 rings (SSSR count). The minimum absolute atomic E-state index is 0.0125. The maximum absolute atomic E-state index is 13.4. The molecule has 1 fully saturated rings. The fourth-order valence-corrected chi connectivity index (χ4v) is 3.32. The first-order valence-corrected chi connectivity index (χ1v) is 10.2. The molecule has 2 heterocycles. The Morgan fingerprint density at radius 3 is 2.74 bits per heavy atom. The standard InChI is InChI=1S/C22H27F2N3O4/c1-14(2)26-22(29)20-6-4-16(31-20)10-21(28)25-11-17-13-27(7-8-30-17)12-15-3-5-18(23)19(24)9-15/h3-6,9,14,17H,7-8,10-13H2,1-2H3,(H,25,28)(H,26,29)/t17-/m0/s1. The van der Waals surface area contributed by atoms with Crippen LogP contribution in [0.15, 0.2) is 34.7 Å². The predicted molar refractivity (Wildman–Crippen MR) is 109 cm³/mol. The van der Waals surface area contributed by atoms with Gasteiger partial charge in [0.1, 0.15) is 5.76 Å². The van der Waals surface area contributed by atoms with E-state index in [9.17, 15) is 18.4 Å². The molecule has 31 heavy (non-hydrogen) atoms. The second-order valence-corrected chi connectivity index (χ2v) is 7.85. The van der Waals surface area contributed by atoms with Gasteiger partial charge in [-0.1, -0.05) is 6.07 Å². The Balaban J connectivity index is 1.44. The maximum Gasteiger partial charge on any atom is 0.287 e. The second kappa shape index (κ2) is 10.5. The summed E-state index contributed by atoms with van der Waals surface area (Å²) in [5, 5.41) is 5.54. The number of hydrogen-bond donors (Lipinski definition) is 2. The lowest BCUT2D eigenvalue weighted by atomic mass is 10.1. The topological polar surface area (TPSA) is 83.8 Å². The van der Waals surface area contributed by atoms with Crippen molar-refractivity contribution < 1.29 is 27.5 Å². The number of morpholine rings is 1. The molecular formula is C22H27F2N3O4. The number of amides is 2. The van der Waals surface area contributed by atoms with Gasteiger partial charge in [-0.05, 0) is 43.7 Å². The molecule has 0 radical (unpaired) electrons. The van der Waals surface area contributed by atoms with Crippen molar-refractivity contribution in [3.05, 3.63) is 59.1 Å². The quantitative estimate of drug-likeness (QED) is 0.665. The van der Waals surface area contributed by atoms with Gasteiger partial charge in [-0.3, -0.25) is 14.5 Å². The third-order valence-electron chi connectivity index (χ3n) is 4.78. The van der Waals surface area contributed by atoms with Gasteiger partial charge in [0.2, 0.25) is 5.91 Å². The molecule has 1 aromatic carbocycles. The van der Waals surface area contributed by atoms with Gasteiger partial charge in [0.25, 0.3) is 5.91 Å². The van der Waals surface area contributed by atoms with Gasteiger partial charge in [0, 0.05) is 32.2 Å². The summed E-state index contributed by atoms with van der Waals surface area (Å²) in [4.78, 5) is 26.2. The third-order valence-corrected chi connectivity index (χ3v) is 4.78. The van der Waals surface area contributed by atoms with Crippen LogP contribution in [0.2, 0.25) is 0 Å². The van der Waals surface area contributed by atoms with E-state index < -0.39 is 11.6 Å². The largest absolute Gasteiger partial charge is 0.455 e. The number of nitrogens with zero attached hydrogens (tertiary/aromatic N) is 1. The van der Waals surface area contributed by atoms with E-state index in [1.54, 1.807) is 18.2 Å². The fraction of sp³-hybridized carbons (Fsp3) is 0.455. The van der Waals surface area contributed by atoms with Crippen LogP contribution < -0.4 is 10.6 Å². The number of nitrogens with one attached hydrogen (secondary N) is 2. The molecule has 1 aliphatic rings. The highest BCUT2D eigenvalue weighted by molar-refractivity contribution is 5.91. The van der Waals surface area contributed by atoms with Crippen LogP contribution in [0.3, 0.4) is 0 Å². The molecule has 1 atom stereocenters. The fourth-order valence-electron chi connectivity index (χ4n) is 3.32. The molecule has 0 spiro atoms. The summed E-state index contributed by atoms with van der Waals surface area (Å²) in [6.07, 6.45) is -0.202. The zero-order valence-electron chi connectivity index (χ0n) is 17.6. The monoisotopic (exact) mass is 435 g/mol. The van der Waals surface area contributed by atoms with Crippen molar-refractivity contribution in [3.8, 4) is 0 Å². The molecule has 168 valence electrons. The molecule has 2 aromatic rings. The highest BCUT2D eigenvalue weighted by Crippen LogP contribution is 2.14. The number of carbonyl (C=O) groups excluding carboxylic acids is 2. The SMILES string of the molecule is CC(C)NC(=O)c1ccc(CC(=O)NC[C@H]2CN(Cc3ccc(F)c(F)c3)CCO2)o1. The van der Waals surface area contributed by atoms with Crippen molar-refractivity contribution >= 4 is 11.8 Å². The average Bonchev–Trinajstić information content (AvgIpc) is 3.18. The van der Waals surface area contributed by atoms with Crippen molar-refractivity contribution in [2.75, 3.05) is 26.2 Å². The average molecular weight is 435 g/mol. The lowest BCUT2D eigenvalue weighted by Gasteiger charge is -2.33. The van der Waals surface area contributed by atoms with Crippen LogP contribution in [-0.2, 0) is 22.5 Å². The molecule has 7 nitrogen and oxygen atoms in total. The predicted octanol–water partition coefficient (Wildman–Crippen LogP) is 2.26. The summed E-state index contributed by atoms with van der Waals surface area (Å²) in [5.74, 6) is -1.73. The van der Waals surface area contributed by atoms with E-state index in [4.69, 9.17) is 9.15 Å². The Hall–Kier alpha value is -2.78.